The molecule has 0 aromatic heterocycles. The summed E-state index contributed by atoms with van der Waals surface area (Å²) in [5.74, 6) is -0.216. The minimum absolute atomic E-state index is 0.0814. The van der Waals surface area contributed by atoms with Gasteiger partial charge in [-0.3, -0.25) is 14.5 Å². The summed E-state index contributed by atoms with van der Waals surface area (Å²) in [5.41, 5.74) is 5.92. The molecule has 2 N–H and O–H groups in total. The van der Waals surface area contributed by atoms with Gasteiger partial charge in [0.2, 0.25) is 11.8 Å². The number of rotatable bonds is 8. The highest BCUT2D eigenvalue weighted by atomic mass is 16.2. The number of nitrogens with zero attached hydrogens (tertiary/aromatic N) is 1. The zero-order valence-corrected chi connectivity index (χ0v) is 14.7. The molecule has 0 unspecified atom stereocenters. The van der Waals surface area contributed by atoms with Gasteiger partial charge in [0, 0.05) is 13.0 Å². The van der Waals surface area contributed by atoms with E-state index >= 15 is 0 Å². The summed E-state index contributed by atoms with van der Waals surface area (Å²) in [6, 6.07) is -0.590. The van der Waals surface area contributed by atoms with Gasteiger partial charge in [-0.25, -0.2) is 0 Å². The molecule has 0 fully saturated rings. The van der Waals surface area contributed by atoms with E-state index in [1.165, 1.54) is 4.90 Å². The van der Waals surface area contributed by atoms with Crippen molar-refractivity contribution >= 4 is 11.8 Å². The largest absolute Gasteiger partial charge is 0.320 e. The lowest BCUT2D eigenvalue weighted by Crippen LogP contribution is -2.51. The van der Waals surface area contributed by atoms with E-state index in [0.717, 1.165) is 25.7 Å². The highest BCUT2D eigenvalue weighted by Crippen LogP contribution is 2.19. The second-order valence-corrected chi connectivity index (χ2v) is 7.25. The second kappa shape index (κ2) is 9.19. The Labute approximate surface area is 130 Å². The summed E-state index contributed by atoms with van der Waals surface area (Å²) in [6.45, 7) is 12.6. The first-order chi connectivity index (χ1) is 9.64. The number of hydrogen-bond acceptors (Lipinski definition) is 3. The number of amides is 2. The summed E-state index contributed by atoms with van der Waals surface area (Å²) in [5, 5.41) is 0. The third-order valence-corrected chi connectivity index (χ3v) is 3.74. The van der Waals surface area contributed by atoms with Gasteiger partial charge >= 0.3 is 0 Å². The van der Waals surface area contributed by atoms with E-state index in [4.69, 9.17) is 5.73 Å². The first kappa shape index (κ1) is 20.1. The van der Waals surface area contributed by atoms with Crippen LogP contribution < -0.4 is 5.73 Å². The lowest BCUT2D eigenvalue weighted by molar-refractivity contribution is -0.148. The number of carbonyl (C=O) groups is 2. The molecule has 0 rings (SSSR count). The molecule has 0 spiro atoms. The van der Waals surface area contributed by atoms with Crippen LogP contribution in [0.15, 0.2) is 0 Å². The number of hydrogen-bond donors (Lipinski definition) is 1. The highest BCUT2D eigenvalue weighted by Gasteiger charge is 2.31. The first-order valence-electron chi connectivity index (χ1n) is 8.23. The van der Waals surface area contributed by atoms with Crippen LogP contribution in [0.4, 0.5) is 0 Å². The average molecular weight is 298 g/mol. The Hall–Kier alpha value is -0.900. The Balaban J connectivity index is 4.96. The van der Waals surface area contributed by atoms with E-state index in [1.54, 1.807) is 0 Å². The van der Waals surface area contributed by atoms with Crippen LogP contribution >= 0.6 is 0 Å². The van der Waals surface area contributed by atoms with E-state index in [2.05, 4.69) is 6.92 Å². The van der Waals surface area contributed by atoms with Crippen molar-refractivity contribution in [2.24, 2.45) is 17.1 Å². The van der Waals surface area contributed by atoms with E-state index in [0.29, 0.717) is 13.0 Å². The fourth-order valence-corrected chi connectivity index (χ4v) is 2.10. The molecule has 0 aliphatic carbocycles. The summed E-state index contributed by atoms with van der Waals surface area (Å²) >= 11 is 0. The van der Waals surface area contributed by atoms with Gasteiger partial charge in [-0.15, -0.1) is 0 Å². The molecule has 4 nitrogen and oxygen atoms in total. The van der Waals surface area contributed by atoms with Crippen LogP contribution in [0.2, 0.25) is 0 Å². The normalized spacial score (nSPS) is 14.6. The minimum atomic E-state index is -0.590. The SMILES string of the molecule is CCCCCC(=O)N(CC(C)(C)C)C(=O)[C@@H](N)[C@@H](C)CC. The fraction of sp³-hybridized carbons (Fsp3) is 0.882. The number of imide groups is 1. The van der Waals surface area contributed by atoms with E-state index in [1.807, 2.05) is 34.6 Å². The van der Waals surface area contributed by atoms with E-state index < -0.39 is 6.04 Å². The third-order valence-electron chi connectivity index (χ3n) is 3.74. The van der Waals surface area contributed by atoms with Crippen LogP contribution in [0.5, 0.6) is 0 Å². The maximum absolute atomic E-state index is 12.6. The van der Waals surface area contributed by atoms with Crippen LogP contribution in [0.25, 0.3) is 0 Å². The van der Waals surface area contributed by atoms with Crippen molar-refractivity contribution in [1.29, 1.82) is 0 Å². The monoisotopic (exact) mass is 298 g/mol. The van der Waals surface area contributed by atoms with Crippen LogP contribution in [0.3, 0.4) is 0 Å². The van der Waals surface area contributed by atoms with Crippen LogP contribution in [0, 0.1) is 11.3 Å². The van der Waals surface area contributed by atoms with Gasteiger partial charge in [0.15, 0.2) is 0 Å². The van der Waals surface area contributed by atoms with Crippen molar-refractivity contribution in [3.63, 3.8) is 0 Å². The van der Waals surface area contributed by atoms with Crippen LogP contribution in [-0.2, 0) is 9.59 Å². The zero-order chi connectivity index (χ0) is 16.6. The highest BCUT2D eigenvalue weighted by molar-refractivity contribution is 5.97. The molecule has 0 aromatic rings. The standard InChI is InChI=1S/C17H34N2O2/c1-7-9-10-11-14(20)19(12-17(4,5)6)16(21)15(18)13(3)8-2/h13,15H,7-12,18H2,1-6H3/t13-,15-/m0/s1. The van der Waals surface area contributed by atoms with Crippen LogP contribution in [-0.4, -0.2) is 29.3 Å². The van der Waals surface area contributed by atoms with Crippen molar-refractivity contribution in [3.8, 4) is 0 Å². The van der Waals surface area contributed by atoms with Gasteiger partial charge < -0.3 is 5.73 Å². The molecule has 0 aromatic carbocycles. The van der Waals surface area contributed by atoms with Gasteiger partial charge in [-0.05, 0) is 17.8 Å². The number of unbranched alkanes of at least 4 members (excludes halogenated alkanes) is 2. The molecule has 21 heavy (non-hydrogen) atoms. The van der Waals surface area contributed by atoms with E-state index in [9.17, 15) is 9.59 Å². The zero-order valence-electron chi connectivity index (χ0n) is 14.7. The lowest BCUT2D eigenvalue weighted by atomic mass is 9.93. The van der Waals surface area contributed by atoms with Gasteiger partial charge in [-0.1, -0.05) is 60.8 Å². The third kappa shape index (κ3) is 7.60. The van der Waals surface area contributed by atoms with Crippen molar-refractivity contribution in [2.45, 2.75) is 79.7 Å². The summed E-state index contributed by atoms with van der Waals surface area (Å²) in [6.07, 6.45) is 4.18. The Kier molecular flexibility index (Phi) is 8.79. The fourth-order valence-electron chi connectivity index (χ4n) is 2.10. The molecule has 0 saturated carbocycles. The van der Waals surface area contributed by atoms with Crippen molar-refractivity contribution < 1.29 is 9.59 Å². The molecular weight excluding hydrogens is 264 g/mol. The Morgan fingerprint density at radius 2 is 1.71 bits per heavy atom. The molecule has 0 aliphatic heterocycles. The van der Waals surface area contributed by atoms with Gasteiger partial charge in [-0.2, -0.15) is 0 Å². The molecular formula is C17H34N2O2. The second-order valence-electron chi connectivity index (χ2n) is 7.25. The summed E-state index contributed by atoms with van der Waals surface area (Å²) in [4.78, 5) is 26.4. The average Bonchev–Trinajstić information content (AvgIpc) is 2.41. The smallest absolute Gasteiger partial charge is 0.246 e. The van der Waals surface area contributed by atoms with Gasteiger partial charge in [0.05, 0.1) is 6.04 Å². The topological polar surface area (TPSA) is 63.4 Å². The summed E-state index contributed by atoms with van der Waals surface area (Å²) < 4.78 is 0. The quantitative estimate of drug-likeness (QED) is 0.699. The first-order valence-corrected chi connectivity index (χ1v) is 8.23. The summed E-state index contributed by atoms with van der Waals surface area (Å²) in [7, 11) is 0. The molecule has 0 aliphatic rings. The predicted octanol–water partition coefficient (Wildman–Crippen LogP) is 3.34. The van der Waals surface area contributed by atoms with Gasteiger partial charge in [0.1, 0.15) is 0 Å². The molecule has 2 atom stereocenters. The van der Waals surface area contributed by atoms with Gasteiger partial charge in [0.25, 0.3) is 0 Å². The molecule has 0 heterocycles. The molecule has 0 bridgehead atoms. The Morgan fingerprint density at radius 1 is 1.14 bits per heavy atom. The maximum Gasteiger partial charge on any atom is 0.246 e. The lowest BCUT2D eigenvalue weighted by Gasteiger charge is -2.31. The molecule has 4 heteroatoms. The number of nitrogens with two attached hydrogens (primary N) is 1. The molecule has 0 radical (unpaired) electrons. The van der Waals surface area contributed by atoms with Crippen molar-refractivity contribution in [1.82, 2.24) is 4.90 Å². The van der Waals surface area contributed by atoms with Crippen LogP contribution in [0.1, 0.15) is 73.6 Å². The van der Waals surface area contributed by atoms with Crippen molar-refractivity contribution in [2.75, 3.05) is 6.54 Å². The maximum atomic E-state index is 12.6. The molecule has 2 amide bonds. The minimum Gasteiger partial charge on any atom is -0.320 e. The predicted molar refractivity (Wildman–Crippen MR) is 87.7 cm³/mol. The molecule has 0 saturated heterocycles. The van der Waals surface area contributed by atoms with E-state index in [-0.39, 0.29) is 23.1 Å². The number of carbonyl (C=O) groups excluding carboxylic acids is 2. The van der Waals surface area contributed by atoms with Crippen molar-refractivity contribution in [3.05, 3.63) is 0 Å². The molecule has 124 valence electrons. The Morgan fingerprint density at radius 3 is 2.14 bits per heavy atom. The Bertz CT molecular complexity index is 334.